The van der Waals surface area contributed by atoms with Gasteiger partial charge >= 0.3 is 6.03 Å². The Morgan fingerprint density at radius 2 is 2.04 bits per heavy atom. The third-order valence-electron chi connectivity index (χ3n) is 4.61. The summed E-state index contributed by atoms with van der Waals surface area (Å²) in [5, 5.41) is 2.91. The van der Waals surface area contributed by atoms with Crippen LogP contribution in [0.1, 0.15) is 41.3 Å². The van der Waals surface area contributed by atoms with E-state index in [1.54, 1.807) is 0 Å². The lowest BCUT2D eigenvalue weighted by Crippen LogP contribution is -2.40. The predicted molar refractivity (Wildman–Crippen MR) is 93.9 cm³/mol. The first-order chi connectivity index (χ1) is 11.6. The van der Waals surface area contributed by atoms with Crippen LogP contribution < -0.4 is 10.9 Å². The van der Waals surface area contributed by atoms with Crippen molar-refractivity contribution < 1.29 is 4.79 Å². The molecule has 3 rings (SSSR count). The molecule has 1 aromatic carbocycles. The third-order valence-corrected chi connectivity index (χ3v) is 4.61. The number of carbonyl (C=O) groups excluding carboxylic acids is 1. The number of benzene rings is 1. The molecule has 0 spiro atoms. The van der Waals surface area contributed by atoms with Crippen LogP contribution in [-0.4, -0.2) is 22.5 Å². The topological polar surface area (TPSA) is 65.2 Å². The van der Waals surface area contributed by atoms with Crippen molar-refractivity contribution in [1.82, 2.24) is 15.2 Å². The summed E-state index contributed by atoms with van der Waals surface area (Å²) in [6, 6.07) is 12.0. The molecule has 1 aliphatic rings. The SMILES string of the molecule is Cc1cc(C)c(CNC(=O)N2CCC[C@H]2c2ccccc2)c(=O)[nH]1. The second-order valence-electron chi connectivity index (χ2n) is 6.36. The van der Waals surface area contributed by atoms with E-state index < -0.39 is 0 Å². The molecular weight excluding hydrogens is 302 g/mol. The van der Waals surface area contributed by atoms with Gasteiger partial charge in [-0.1, -0.05) is 30.3 Å². The lowest BCUT2D eigenvalue weighted by atomic mass is 10.1. The van der Waals surface area contributed by atoms with Gasteiger partial charge in [-0.05, 0) is 43.9 Å². The maximum Gasteiger partial charge on any atom is 0.318 e. The molecule has 1 atom stereocenters. The van der Waals surface area contributed by atoms with Gasteiger partial charge in [-0.2, -0.15) is 0 Å². The Morgan fingerprint density at radius 1 is 1.29 bits per heavy atom. The fourth-order valence-electron chi connectivity index (χ4n) is 3.40. The van der Waals surface area contributed by atoms with Gasteiger partial charge in [-0.3, -0.25) is 4.79 Å². The van der Waals surface area contributed by atoms with E-state index in [-0.39, 0.29) is 24.2 Å². The Balaban J connectivity index is 1.70. The number of hydrogen-bond acceptors (Lipinski definition) is 2. The number of aromatic amines is 1. The highest BCUT2D eigenvalue weighted by Gasteiger charge is 2.29. The summed E-state index contributed by atoms with van der Waals surface area (Å²) in [4.78, 5) is 29.3. The number of H-pyrrole nitrogens is 1. The number of likely N-dealkylation sites (tertiary alicyclic amines) is 1. The van der Waals surface area contributed by atoms with E-state index in [2.05, 4.69) is 22.4 Å². The van der Waals surface area contributed by atoms with E-state index in [0.29, 0.717) is 5.56 Å². The second-order valence-corrected chi connectivity index (χ2v) is 6.36. The number of aryl methyl sites for hydroxylation is 2. The average molecular weight is 325 g/mol. The Morgan fingerprint density at radius 3 is 2.75 bits per heavy atom. The van der Waals surface area contributed by atoms with Gasteiger partial charge in [0, 0.05) is 17.8 Å². The van der Waals surface area contributed by atoms with Gasteiger partial charge < -0.3 is 15.2 Å². The van der Waals surface area contributed by atoms with Crippen molar-refractivity contribution in [2.45, 2.75) is 39.3 Å². The Kier molecular flexibility index (Phi) is 4.69. The van der Waals surface area contributed by atoms with Crippen molar-refractivity contribution in [3.8, 4) is 0 Å². The van der Waals surface area contributed by atoms with Gasteiger partial charge in [0.05, 0.1) is 12.6 Å². The molecule has 2 heterocycles. The quantitative estimate of drug-likeness (QED) is 0.911. The largest absolute Gasteiger partial charge is 0.334 e. The number of pyridine rings is 1. The number of aromatic nitrogens is 1. The number of nitrogens with zero attached hydrogens (tertiary/aromatic N) is 1. The minimum atomic E-state index is -0.131. The van der Waals surface area contributed by atoms with E-state index in [4.69, 9.17) is 0 Å². The van der Waals surface area contributed by atoms with Crippen LogP contribution in [0.15, 0.2) is 41.2 Å². The number of carbonyl (C=O) groups is 1. The molecule has 2 aromatic rings. The summed E-state index contributed by atoms with van der Waals surface area (Å²) in [6.07, 6.45) is 1.97. The summed E-state index contributed by atoms with van der Waals surface area (Å²) in [5.74, 6) is 0. The number of rotatable bonds is 3. The highest BCUT2D eigenvalue weighted by Crippen LogP contribution is 2.31. The van der Waals surface area contributed by atoms with E-state index in [9.17, 15) is 9.59 Å². The van der Waals surface area contributed by atoms with Crippen molar-refractivity contribution in [3.05, 3.63) is 69.1 Å². The van der Waals surface area contributed by atoms with Crippen molar-refractivity contribution in [2.75, 3.05) is 6.54 Å². The molecule has 24 heavy (non-hydrogen) atoms. The van der Waals surface area contributed by atoms with Crippen LogP contribution in [0.2, 0.25) is 0 Å². The van der Waals surface area contributed by atoms with Crippen LogP contribution in [0.4, 0.5) is 4.79 Å². The molecule has 1 saturated heterocycles. The maximum absolute atomic E-state index is 12.6. The van der Waals surface area contributed by atoms with E-state index in [1.807, 2.05) is 43.0 Å². The summed E-state index contributed by atoms with van der Waals surface area (Å²) >= 11 is 0. The number of urea groups is 1. The normalized spacial score (nSPS) is 17.1. The van der Waals surface area contributed by atoms with Gasteiger partial charge in [0.2, 0.25) is 0 Å². The molecule has 2 amide bonds. The fraction of sp³-hybridized carbons (Fsp3) is 0.368. The molecule has 1 aromatic heterocycles. The van der Waals surface area contributed by atoms with Crippen LogP contribution in [0.3, 0.4) is 0 Å². The van der Waals surface area contributed by atoms with Crippen molar-refractivity contribution >= 4 is 6.03 Å². The number of amides is 2. The first-order valence-corrected chi connectivity index (χ1v) is 8.35. The zero-order valence-corrected chi connectivity index (χ0v) is 14.1. The third kappa shape index (κ3) is 3.35. The lowest BCUT2D eigenvalue weighted by Gasteiger charge is -2.25. The van der Waals surface area contributed by atoms with Crippen molar-refractivity contribution in [3.63, 3.8) is 0 Å². The summed E-state index contributed by atoms with van der Waals surface area (Å²) in [5.41, 5.74) is 3.38. The van der Waals surface area contributed by atoms with Crippen LogP contribution >= 0.6 is 0 Å². The second kappa shape index (κ2) is 6.91. The zero-order chi connectivity index (χ0) is 17.1. The smallest absolute Gasteiger partial charge is 0.318 e. The van der Waals surface area contributed by atoms with Crippen LogP contribution in [-0.2, 0) is 6.54 Å². The minimum absolute atomic E-state index is 0.110. The lowest BCUT2D eigenvalue weighted by molar-refractivity contribution is 0.192. The molecule has 5 heteroatoms. The highest BCUT2D eigenvalue weighted by molar-refractivity contribution is 5.75. The van der Waals surface area contributed by atoms with Crippen LogP contribution in [0.5, 0.6) is 0 Å². The molecule has 0 aliphatic carbocycles. The van der Waals surface area contributed by atoms with Crippen LogP contribution in [0.25, 0.3) is 0 Å². The predicted octanol–water partition coefficient (Wildman–Crippen LogP) is 3.04. The average Bonchev–Trinajstić information content (AvgIpc) is 3.04. The standard InChI is InChI=1S/C19H23N3O2/c1-13-11-14(2)21-18(23)16(13)12-20-19(24)22-10-6-9-17(22)15-7-4-3-5-8-15/h3-5,7-8,11,17H,6,9-10,12H2,1-2H3,(H,20,24)(H,21,23)/t17-/m0/s1. The van der Waals surface area contributed by atoms with E-state index >= 15 is 0 Å². The van der Waals surface area contributed by atoms with Gasteiger partial charge in [0.15, 0.2) is 0 Å². The van der Waals surface area contributed by atoms with Crippen LogP contribution in [0, 0.1) is 13.8 Å². The molecular formula is C19H23N3O2. The zero-order valence-electron chi connectivity index (χ0n) is 14.1. The number of hydrogen-bond donors (Lipinski definition) is 2. The molecule has 1 fully saturated rings. The van der Waals surface area contributed by atoms with Gasteiger partial charge in [-0.15, -0.1) is 0 Å². The first kappa shape index (κ1) is 16.3. The molecule has 5 nitrogen and oxygen atoms in total. The summed E-state index contributed by atoms with van der Waals surface area (Å²) in [6.45, 7) is 4.74. The fourth-order valence-corrected chi connectivity index (χ4v) is 3.40. The highest BCUT2D eigenvalue weighted by atomic mass is 16.2. The molecule has 1 aliphatic heterocycles. The Hall–Kier alpha value is -2.56. The monoisotopic (exact) mass is 325 g/mol. The Bertz CT molecular complexity index is 783. The van der Waals surface area contributed by atoms with Gasteiger partial charge in [-0.25, -0.2) is 4.79 Å². The van der Waals surface area contributed by atoms with E-state index in [1.165, 1.54) is 0 Å². The maximum atomic E-state index is 12.6. The van der Waals surface area contributed by atoms with Crippen molar-refractivity contribution in [1.29, 1.82) is 0 Å². The summed E-state index contributed by atoms with van der Waals surface area (Å²) < 4.78 is 0. The molecule has 0 saturated carbocycles. The summed E-state index contributed by atoms with van der Waals surface area (Å²) in [7, 11) is 0. The van der Waals surface area contributed by atoms with Gasteiger partial charge in [0.25, 0.3) is 5.56 Å². The first-order valence-electron chi connectivity index (χ1n) is 8.35. The number of nitrogens with one attached hydrogen (secondary N) is 2. The molecule has 0 radical (unpaired) electrons. The minimum Gasteiger partial charge on any atom is -0.334 e. The molecule has 0 bridgehead atoms. The van der Waals surface area contributed by atoms with E-state index in [0.717, 1.165) is 36.2 Å². The van der Waals surface area contributed by atoms with Crippen molar-refractivity contribution in [2.24, 2.45) is 0 Å². The Labute approximate surface area is 141 Å². The van der Waals surface area contributed by atoms with Gasteiger partial charge in [0.1, 0.15) is 0 Å². The molecule has 126 valence electrons. The molecule has 0 unspecified atom stereocenters. The molecule has 2 N–H and O–H groups in total.